The van der Waals surface area contributed by atoms with E-state index in [1.54, 1.807) is 51.1 Å². The van der Waals surface area contributed by atoms with Crippen LogP contribution in [-0.2, 0) is 17.1 Å². The standard InChI is InChI=1S/C28H31F6N3O3/c1-16(18-11-19(27(29,30)31)13-20(12-18)28(32,33)34)36(5)24(39)37-15-21-14-26(21,35-23(38)40-25(2,3)4)22(37)17-9-7-6-8-10-17/h6-13,16,21-22H,14-15H2,1-5H3,(H,35,38)/t16-,21?,22-,26-/m0/s1. The van der Waals surface area contributed by atoms with Crippen LogP contribution in [0.15, 0.2) is 48.5 Å². The predicted octanol–water partition coefficient (Wildman–Crippen LogP) is 7.18. The van der Waals surface area contributed by atoms with Gasteiger partial charge in [-0.3, -0.25) is 0 Å². The SMILES string of the molecule is C[C@@H](c1cc(C(F)(F)F)cc(C(F)(F)F)c1)N(C)C(=O)N1CC2C[C@@]2(NC(=O)OC(C)(C)C)[C@@H]1c1ccccc1. The summed E-state index contributed by atoms with van der Waals surface area (Å²) in [5.41, 5.74) is -4.04. The molecule has 3 amide bonds. The fourth-order valence-corrected chi connectivity index (χ4v) is 5.36. The summed E-state index contributed by atoms with van der Waals surface area (Å²) >= 11 is 0. The average molecular weight is 572 g/mol. The molecule has 1 saturated carbocycles. The van der Waals surface area contributed by atoms with E-state index in [-0.39, 0.29) is 24.1 Å². The molecule has 40 heavy (non-hydrogen) atoms. The van der Waals surface area contributed by atoms with Gasteiger partial charge >= 0.3 is 24.5 Å². The van der Waals surface area contributed by atoms with Crippen molar-refractivity contribution in [1.82, 2.24) is 15.1 Å². The van der Waals surface area contributed by atoms with Crippen LogP contribution < -0.4 is 5.32 Å². The number of hydrogen-bond acceptors (Lipinski definition) is 3. The largest absolute Gasteiger partial charge is 0.444 e. The Bertz CT molecular complexity index is 1240. The summed E-state index contributed by atoms with van der Waals surface area (Å²) in [5.74, 6) is -0.108. The van der Waals surface area contributed by atoms with E-state index in [1.165, 1.54) is 18.9 Å². The van der Waals surface area contributed by atoms with Crippen molar-refractivity contribution >= 4 is 12.1 Å². The first-order chi connectivity index (χ1) is 18.3. The zero-order valence-corrected chi connectivity index (χ0v) is 22.7. The molecule has 2 aromatic rings. The van der Waals surface area contributed by atoms with Gasteiger partial charge in [0.2, 0.25) is 0 Å². The van der Waals surface area contributed by atoms with Gasteiger partial charge in [-0.1, -0.05) is 30.3 Å². The number of hydrogen-bond donors (Lipinski definition) is 1. The van der Waals surface area contributed by atoms with Gasteiger partial charge in [0.25, 0.3) is 0 Å². The van der Waals surface area contributed by atoms with E-state index < -0.39 is 58.8 Å². The van der Waals surface area contributed by atoms with Crippen molar-refractivity contribution in [3.05, 3.63) is 70.8 Å². The van der Waals surface area contributed by atoms with Crippen molar-refractivity contribution < 1.29 is 40.7 Å². The van der Waals surface area contributed by atoms with E-state index in [1.807, 2.05) is 0 Å². The Morgan fingerprint density at radius 3 is 2.05 bits per heavy atom. The summed E-state index contributed by atoms with van der Waals surface area (Å²) in [6.07, 6.45) is -10.1. The number of fused-ring (bicyclic) bond motifs is 1. The summed E-state index contributed by atoms with van der Waals surface area (Å²) in [7, 11) is 1.33. The number of urea groups is 1. The lowest BCUT2D eigenvalue weighted by Crippen LogP contribution is -2.50. The maximum atomic E-state index is 13.8. The minimum absolute atomic E-state index is 0.0591. The van der Waals surface area contributed by atoms with Gasteiger partial charge < -0.3 is 19.9 Å². The molecule has 0 radical (unpaired) electrons. The second-order valence-electron chi connectivity index (χ2n) is 11.4. The first-order valence-corrected chi connectivity index (χ1v) is 12.7. The molecule has 1 heterocycles. The zero-order valence-electron chi connectivity index (χ0n) is 22.7. The van der Waals surface area contributed by atoms with Crippen LogP contribution in [0.25, 0.3) is 0 Å². The fraction of sp³-hybridized carbons (Fsp3) is 0.500. The number of carbonyl (C=O) groups excluding carboxylic acids is 2. The second-order valence-corrected chi connectivity index (χ2v) is 11.4. The number of halogens is 6. The number of ether oxygens (including phenoxy) is 1. The molecule has 4 rings (SSSR count). The zero-order chi connectivity index (χ0) is 29.8. The number of amides is 3. The molecule has 0 bridgehead atoms. The van der Waals surface area contributed by atoms with Crippen LogP contribution in [0.4, 0.5) is 35.9 Å². The predicted molar refractivity (Wildman–Crippen MR) is 134 cm³/mol. The fourth-order valence-electron chi connectivity index (χ4n) is 5.36. The number of nitrogens with one attached hydrogen (secondary N) is 1. The molecule has 2 fully saturated rings. The third kappa shape index (κ3) is 5.85. The van der Waals surface area contributed by atoms with E-state index in [0.29, 0.717) is 18.6 Å². The van der Waals surface area contributed by atoms with Crippen LogP contribution in [0.3, 0.4) is 0 Å². The van der Waals surface area contributed by atoms with E-state index in [0.717, 1.165) is 10.5 Å². The Balaban J connectivity index is 1.65. The molecule has 12 heteroatoms. The van der Waals surface area contributed by atoms with E-state index in [2.05, 4.69) is 5.32 Å². The summed E-state index contributed by atoms with van der Waals surface area (Å²) in [6.45, 7) is 6.78. The highest BCUT2D eigenvalue weighted by atomic mass is 19.4. The molecule has 1 N–H and O–H groups in total. The molecule has 2 aliphatic rings. The van der Waals surface area contributed by atoms with Gasteiger partial charge in [-0.15, -0.1) is 0 Å². The first-order valence-electron chi connectivity index (χ1n) is 12.7. The molecule has 1 aliphatic carbocycles. The minimum atomic E-state index is -5.01. The quantitative estimate of drug-likeness (QED) is 0.396. The maximum absolute atomic E-state index is 13.8. The molecule has 218 valence electrons. The van der Waals surface area contributed by atoms with Crippen molar-refractivity contribution in [1.29, 1.82) is 0 Å². The van der Waals surface area contributed by atoms with Gasteiger partial charge in [0.15, 0.2) is 0 Å². The Hall–Kier alpha value is -3.44. The number of alkyl carbamates (subject to hydrolysis) is 1. The third-order valence-electron chi connectivity index (χ3n) is 7.44. The van der Waals surface area contributed by atoms with Crippen molar-refractivity contribution in [3.8, 4) is 0 Å². The van der Waals surface area contributed by atoms with Crippen molar-refractivity contribution in [2.45, 2.75) is 69.7 Å². The molecule has 6 nitrogen and oxygen atoms in total. The van der Waals surface area contributed by atoms with E-state index >= 15 is 0 Å². The lowest BCUT2D eigenvalue weighted by Gasteiger charge is -2.37. The van der Waals surface area contributed by atoms with Crippen LogP contribution in [0, 0.1) is 5.92 Å². The molecule has 4 atom stereocenters. The van der Waals surface area contributed by atoms with Gasteiger partial charge in [0, 0.05) is 19.5 Å². The summed E-state index contributed by atoms with van der Waals surface area (Å²) in [5, 5.41) is 2.94. The van der Waals surface area contributed by atoms with Crippen molar-refractivity contribution in [2.75, 3.05) is 13.6 Å². The Kier molecular flexibility index (Phi) is 7.30. The maximum Gasteiger partial charge on any atom is 0.416 e. The summed E-state index contributed by atoms with van der Waals surface area (Å²) < 4.78 is 86.1. The van der Waals surface area contributed by atoms with Gasteiger partial charge in [0.05, 0.1) is 28.7 Å². The Labute approximate surface area is 228 Å². The van der Waals surface area contributed by atoms with Gasteiger partial charge in [-0.2, -0.15) is 26.3 Å². The second kappa shape index (κ2) is 9.88. The Morgan fingerprint density at radius 2 is 1.55 bits per heavy atom. The smallest absolute Gasteiger partial charge is 0.416 e. The number of carbonyl (C=O) groups is 2. The van der Waals surface area contributed by atoms with E-state index in [4.69, 9.17) is 4.74 Å². The number of benzene rings is 2. The van der Waals surface area contributed by atoms with Crippen molar-refractivity contribution in [2.24, 2.45) is 5.92 Å². The number of piperidine rings is 1. The lowest BCUT2D eigenvalue weighted by molar-refractivity contribution is -0.143. The topological polar surface area (TPSA) is 61.9 Å². The minimum Gasteiger partial charge on any atom is -0.444 e. The monoisotopic (exact) mass is 571 g/mol. The van der Waals surface area contributed by atoms with Crippen LogP contribution in [0.5, 0.6) is 0 Å². The first kappa shape index (κ1) is 29.5. The highest BCUT2D eigenvalue weighted by Gasteiger charge is 2.69. The van der Waals surface area contributed by atoms with Crippen LogP contribution in [-0.4, -0.2) is 46.7 Å². The normalized spacial score (nSPS) is 23.3. The average Bonchev–Trinajstić information content (AvgIpc) is 3.42. The molecule has 2 aromatic carbocycles. The number of likely N-dealkylation sites (tertiary alicyclic amines) is 1. The molecular formula is C28H31F6N3O3. The van der Waals surface area contributed by atoms with Gasteiger partial charge in [-0.05, 0) is 63.4 Å². The molecule has 1 aliphatic heterocycles. The van der Waals surface area contributed by atoms with Crippen molar-refractivity contribution in [3.63, 3.8) is 0 Å². The summed E-state index contributed by atoms with van der Waals surface area (Å²) in [6, 6.07) is 7.94. The lowest BCUT2D eigenvalue weighted by atomic mass is 9.97. The number of nitrogens with zero attached hydrogens (tertiary/aromatic N) is 2. The van der Waals surface area contributed by atoms with Crippen LogP contribution in [0.2, 0.25) is 0 Å². The Morgan fingerprint density at radius 1 is 1.00 bits per heavy atom. The molecule has 0 spiro atoms. The highest BCUT2D eigenvalue weighted by Crippen LogP contribution is 2.60. The number of rotatable bonds is 4. The third-order valence-corrected chi connectivity index (χ3v) is 7.44. The van der Waals surface area contributed by atoms with E-state index in [9.17, 15) is 35.9 Å². The van der Waals surface area contributed by atoms with Crippen LogP contribution >= 0.6 is 0 Å². The molecular weight excluding hydrogens is 540 g/mol. The van der Waals surface area contributed by atoms with Gasteiger partial charge in [-0.25, -0.2) is 9.59 Å². The molecule has 0 aromatic heterocycles. The van der Waals surface area contributed by atoms with Gasteiger partial charge in [0.1, 0.15) is 5.60 Å². The summed E-state index contributed by atoms with van der Waals surface area (Å²) in [4.78, 5) is 29.1. The molecule has 1 saturated heterocycles. The number of alkyl halides is 6. The molecule has 1 unspecified atom stereocenters. The highest BCUT2D eigenvalue weighted by molar-refractivity contribution is 5.78. The van der Waals surface area contributed by atoms with Crippen LogP contribution in [0.1, 0.15) is 68.5 Å².